The Kier molecular flexibility index (Phi) is 4.86. The van der Waals surface area contributed by atoms with Crippen molar-refractivity contribution in [3.05, 3.63) is 56.5 Å². The number of nitrogens with one attached hydrogen (secondary N) is 1. The molecule has 1 heterocycles. The van der Waals surface area contributed by atoms with Crippen molar-refractivity contribution >= 4 is 9.84 Å². The summed E-state index contributed by atoms with van der Waals surface area (Å²) < 4.78 is 27.3. The smallest absolute Gasteiger partial charge is 0.252 e. The Bertz CT molecular complexity index is 992. The van der Waals surface area contributed by atoms with E-state index in [4.69, 9.17) is 0 Å². The van der Waals surface area contributed by atoms with E-state index in [2.05, 4.69) is 4.98 Å². The highest BCUT2D eigenvalue weighted by molar-refractivity contribution is 7.91. The molecular weight excluding hydrogens is 346 g/mol. The lowest BCUT2D eigenvalue weighted by Crippen LogP contribution is -2.24. The summed E-state index contributed by atoms with van der Waals surface area (Å²) in [5, 5.41) is 0. The third-order valence-electron chi connectivity index (χ3n) is 5.06. The van der Waals surface area contributed by atoms with Gasteiger partial charge < -0.3 is 4.98 Å². The molecule has 4 nitrogen and oxygen atoms in total. The Morgan fingerprint density at radius 1 is 1.08 bits per heavy atom. The van der Waals surface area contributed by atoms with Gasteiger partial charge in [0.2, 0.25) is 9.84 Å². The van der Waals surface area contributed by atoms with Crippen LogP contribution in [-0.2, 0) is 16.3 Å². The zero-order valence-corrected chi connectivity index (χ0v) is 17.0. The largest absolute Gasteiger partial charge is 0.326 e. The number of aromatic amines is 1. The molecule has 1 aromatic heterocycles. The van der Waals surface area contributed by atoms with Crippen LogP contribution < -0.4 is 5.56 Å². The maximum absolute atomic E-state index is 13.6. The number of hydrogen-bond donors (Lipinski definition) is 1. The van der Waals surface area contributed by atoms with Gasteiger partial charge in [-0.15, -0.1) is 0 Å². The van der Waals surface area contributed by atoms with Gasteiger partial charge in [0.1, 0.15) is 0 Å². The topological polar surface area (TPSA) is 67.0 Å². The lowest BCUT2D eigenvalue weighted by molar-refractivity contribution is 0.589. The van der Waals surface area contributed by atoms with Crippen molar-refractivity contribution in [2.24, 2.45) is 5.92 Å². The van der Waals surface area contributed by atoms with E-state index >= 15 is 0 Å². The maximum atomic E-state index is 13.6. The van der Waals surface area contributed by atoms with Crippen molar-refractivity contribution in [2.75, 3.05) is 0 Å². The van der Waals surface area contributed by atoms with Crippen molar-refractivity contribution in [1.29, 1.82) is 0 Å². The van der Waals surface area contributed by atoms with Crippen LogP contribution in [0.1, 0.15) is 60.6 Å². The van der Waals surface area contributed by atoms with Gasteiger partial charge in [0.05, 0.1) is 9.79 Å². The molecule has 0 atom stereocenters. The Morgan fingerprint density at radius 2 is 1.65 bits per heavy atom. The zero-order valence-electron chi connectivity index (χ0n) is 16.1. The first-order valence-electron chi connectivity index (χ1n) is 9.20. The molecule has 140 valence electrons. The molecule has 0 unspecified atom stereocenters. The van der Waals surface area contributed by atoms with Crippen LogP contribution in [0.2, 0.25) is 0 Å². The van der Waals surface area contributed by atoms with Gasteiger partial charge in [0, 0.05) is 11.3 Å². The summed E-state index contributed by atoms with van der Waals surface area (Å²) in [6.45, 7) is 9.35. The monoisotopic (exact) mass is 373 g/mol. The van der Waals surface area contributed by atoms with Crippen molar-refractivity contribution in [3.8, 4) is 0 Å². The molecule has 1 fully saturated rings. The number of benzene rings is 1. The molecule has 0 radical (unpaired) electrons. The van der Waals surface area contributed by atoms with Gasteiger partial charge in [-0.3, -0.25) is 4.79 Å². The Balaban J connectivity index is 2.35. The summed E-state index contributed by atoms with van der Waals surface area (Å²) in [4.78, 5) is 16.1. The molecule has 1 saturated carbocycles. The van der Waals surface area contributed by atoms with E-state index in [1.165, 1.54) is 0 Å². The molecule has 1 aliphatic carbocycles. The minimum absolute atomic E-state index is 0.173. The Morgan fingerprint density at radius 3 is 2.15 bits per heavy atom. The molecule has 1 N–H and O–H groups in total. The van der Waals surface area contributed by atoms with Gasteiger partial charge >= 0.3 is 0 Å². The van der Waals surface area contributed by atoms with E-state index in [9.17, 15) is 13.2 Å². The average Bonchev–Trinajstić information content (AvgIpc) is 3.32. The first-order valence-corrected chi connectivity index (χ1v) is 10.7. The average molecular weight is 374 g/mol. The highest BCUT2D eigenvalue weighted by Gasteiger charge is 2.33. The Labute approximate surface area is 155 Å². The summed E-state index contributed by atoms with van der Waals surface area (Å²) in [5.74, 6) is 0.348. The van der Waals surface area contributed by atoms with Crippen LogP contribution in [0.3, 0.4) is 0 Å². The summed E-state index contributed by atoms with van der Waals surface area (Å²) in [5.41, 5.74) is 3.36. The lowest BCUT2D eigenvalue weighted by atomic mass is 9.99. The lowest BCUT2D eigenvalue weighted by Gasteiger charge is -2.19. The fourth-order valence-electron chi connectivity index (χ4n) is 3.64. The molecule has 5 heteroatoms. The number of sulfone groups is 1. The van der Waals surface area contributed by atoms with Crippen LogP contribution in [0.4, 0.5) is 0 Å². The fourth-order valence-corrected chi connectivity index (χ4v) is 5.74. The molecule has 0 aliphatic heterocycles. The molecule has 2 aromatic rings. The summed E-state index contributed by atoms with van der Waals surface area (Å²) >= 11 is 0. The molecule has 0 spiro atoms. The van der Waals surface area contributed by atoms with Crippen LogP contribution >= 0.6 is 0 Å². The Hall–Kier alpha value is -1.88. The minimum atomic E-state index is -3.77. The number of pyridine rings is 1. The number of hydrogen-bond acceptors (Lipinski definition) is 3. The van der Waals surface area contributed by atoms with Crippen LogP contribution in [0.5, 0.6) is 0 Å². The van der Waals surface area contributed by atoms with Crippen molar-refractivity contribution in [2.45, 2.75) is 69.6 Å². The van der Waals surface area contributed by atoms with Gasteiger partial charge in [-0.1, -0.05) is 19.9 Å². The number of aryl methyl sites for hydroxylation is 3. The highest BCUT2D eigenvalue weighted by atomic mass is 32.2. The number of aromatic nitrogens is 1. The van der Waals surface area contributed by atoms with Crippen molar-refractivity contribution in [1.82, 2.24) is 4.98 Å². The predicted octanol–water partition coefficient (Wildman–Crippen LogP) is 4.21. The molecule has 1 aromatic carbocycles. The van der Waals surface area contributed by atoms with E-state index in [-0.39, 0.29) is 21.3 Å². The van der Waals surface area contributed by atoms with Gasteiger partial charge in [-0.2, -0.15) is 0 Å². The van der Waals surface area contributed by atoms with E-state index < -0.39 is 9.84 Å². The second-order valence-electron chi connectivity index (χ2n) is 7.93. The molecule has 0 saturated heterocycles. The normalized spacial score (nSPS) is 14.8. The van der Waals surface area contributed by atoms with E-state index in [0.717, 1.165) is 29.5 Å². The van der Waals surface area contributed by atoms with Crippen LogP contribution in [-0.4, -0.2) is 13.4 Å². The van der Waals surface area contributed by atoms with E-state index in [1.807, 2.05) is 40.7 Å². The molecule has 26 heavy (non-hydrogen) atoms. The van der Waals surface area contributed by atoms with Crippen LogP contribution in [0, 0.1) is 26.7 Å². The number of H-pyrrole nitrogens is 1. The maximum Gasteiger partial charge on any atom is 0.252 e. The SMILES string of the molecule is Cc1cc(C)cc(S(=O)(=O)c2c(CC3CC3)c(C)[nH]c(=O)c2C(C)C)c1. The zero-order chi connectivity index (χ0) is 19.2. The van der Waals surface area contributed by atoms with Crippen molar-refractivity contribution in [3.63, 3.8) is 0 Å². The minimum Gasteiger partial charge on any atom is -0.326 e. The molecular formula is C21H27NO3S. The van der Waals surface area contributed by atoms with Crippen molar-refractivity contribution < 1.29 is 8.42 Å². The third-order valence-corrected chi connectivity index (χ3v) is 6.92. The van der Waals surface area contributed by atoms with Crippen LogP contribution in [0.25, 0.3) is 0 Å². The molecule has 0 amide bonds. The molecule has 1 aliphatic rings. The second kappa shape index (κ2) is 6.69. The number of rotatable bonds is 5. The quantitative estimate of drug-likeness (QED) is 0.854. The van der Waals surface area contributed by atoms with E-state index in [1.54, 1.807) is 12.1 Å². The molecule has 3 rings (SSSR count). The second-order valence-corrected chi connectivity index (χ2v) is 9.82. The van der Waals surface area contributed by atoms with E-state index in [0.29, 0.717) is 23.6 Å². The summed E-state index contributed by atoms with van der Waals surface area (Å²) in [6, 6.07) is 5.35. The fraction of sp³-hybridized carbons (Fsp3) is 0.476. The van der Waals surface area contributed by atoms with Gasteiger partial charge in [0.25, 0.3) is 5.56 Å². The van der Waals surface area contributed by atoms with Gasteiger partial charge in [-0.25, -0.2) is 8.42 Å². The highest BCUT2D eigenvalue weighted by Crippen LogP contribution is 2.38. The first-order chi connectivity index (χ1) is 12.1. The summed E-state index contributed by atoms with van der Waals surface area (Å²) in [6.07, 6.45) is 2.96. The summed E-state index contributed by atoms with van der Waals surface area (Å²) in [7, 11) is -3.77. The third kappa shape index (κ3) is 3.50. The molecule has 0 bridgehead atoms. The van der Waals surface area contributed by atoms with Gasteiger partial charge in [-0.05, 0) is 80.7 Å². The van der Waals surface area contributed by atoms with Gasteiger partial charge in [0.15, 0.2) is 0 Å². The predicted molar refractivity (Wildman–Crippen MR) is 104 cm³/mol. The standard InChI is InChI=1S/C21H27NO3S/c1-12(2)19-20(18(11-16-6-7-16)15(5)22-21(19)23)26(24,25)17-9-13(3)8-14(4)10-17/h8-10,12,16H,6-7,11H2,1-5H3,(H,22,23). The first kappa shape index (κ1) is 18.9. The van der Waals surface area contributed by atoms with Crippen LogP contribution in [0.15, 0.2) is 32.8 Å².